The van der Waals surface area contributed by atoms with E-state index < -0.39 is 0 Å². The number of benzene rings is 1. The molecule has 0 saturated carbocycles. The van der Waals surface area contributed by atoms with E-state index in [4.69, 9.17) is 9.47 Å². The summed E-state index contributed by atoms with van der Waals surface area (Å²) in [6, 6.07) is 4.51. The third-order valence-electron chi connectivity index (χ3n) is 3.04. The lowest BCUT2D eigenvalue weighted by Gasteiger charge is -2.25. The van der Waals surface area contributed by atoms with Crippen LogP contribution in [-0.4, -0.2) is 32.3 Å². The smallest absolute Gasteiger partial charge is 0.124 e. The summed E-state index contributed by atoms with van der Waals surface area (Å²) in [5.74, 6) is 4.14. The summed E-state index contributed by atoms with van der Waals surface area (Å²) in [6.07, 6.45) is 0. The number of thioether (sulfide) groups is 1. The Morgan fingerprint density at radius 3 is 2.59 bits per heavy atom. The Kier molecular flexibility index (Phi) is 4.18. The van der Waals surface area contributed by atoms with Crippen molar-refractivity contribution in [1.82, 2.24) is 5.32 Å². The summed E-state index contributed by atoms with van der Waals surface area (Å²) >= 11 is 1.98. The predicted molar refractivity (Wildman–Crippen MR) is 72.4 cm³/mol. The van der Waals surface area contributed by atoms with Crippen molar-refractivity contribution in [2.75, 3.05) is 32.3 Å². The summed E-state index contributed by atoms with van der Waals surface area (Å²) in [4.78, 5) is 0. The maximum atomic E-state index is 5.47. The second-order valence-corrected chi connectivity index (χ2v) is 5.30. The minimum Gasteiger partial charge on any atom is -0.496 e. The molecule has 2 rings (SSSR count). The second-order valence-electron chi connectivity index (χ2n) is 4.15. The van der Waals surface area contributed by atoms with Crippen LogP contribution >= 0.6 is 11.8 Å². The van der Waals surface area contributed by atoms with Crippen molar-refractivity contribution < 1.29 is 9.47 Å². The standard InChI is InChI=1S/C13H19NO2S/c1-9-6-13(16-3)10(7-12(9)15-2)11-8-17-5-4-14-11/h6-7,11,14H,4-5,8H2,1-3H3. The first-order valence-corrected chi connectivity index (χ1v) is 6.95. The monoisotopic (exact) mass is 253 g/mol. The molecular weight excluding hydrogens is 234 g/mol. The zero-order valence-corrected chi connectivity index (χ0v) is 11.4. The Balaban J connectivity index is 2.35. The van der Waals surface area contributed by atoms with Gasteiger partial charge in [-0.3, -0.25) is 0 Å². The molecule has 1 unspecified atom stereocenters. The molecule has 1 aliphatic heterocycles. The van der Waals surface area contributed by atoms with Gasteiger partial charge in [0.25, 0.3) is 0 Å². The highest BCUT2D eigenvalue weighted by Crippen LogP contribution is 2.34. The highest BCUT2D eigenvalue weighted by molar-refractivity contribution is 7.99. The minimum atomic E-state index is 0.359. The quantitative estimate of drug-likeness (QED) is 0.896. The van der Waals surface area contributed by atoms with Crippen LogP contribution in [0, 0.1) is 6.92 Å². The zero-order chi connectivity index (χ0) is 12.3. The number of hydrogen-bond donors (Lipinski definition) is 1. The summed E-state index contributed by atoms with van der Waals surface area (Å²) in [5, 5.41) is 3.52. The fourth-order valence-electron chi connectivity index (χ4n) is 2.11. The Morgan fingerprint density at radius 1 is 1.24 bits per heavy atom. The van der Waals surface area contributed by atoms with Crippen molar-refractivity contribution in [3.8, 4) is 11.5 Å². The van der Waals surface area contributed by atoms with Gasteiger partial charge in [0.1, 0.15) is 11.5 Å². The van der Waals surface area contributed by atoms with E-state index in [1.54, 1.807) is 14.2 Å². The molecule has 1 aliphatic rings. The maximum absolute atomic E-state index is 5.47. The molecule has 0 aliphatic carbocycles. The van der Waals surface area contributed by atoms with Gasteiger partial charge in [0.15, 0.2) is 0 Å². The summed E-state index contributed by atoms with van der Waals surface area (Å²) in [7, 11) is 3.43. The van der Waals surface area contributed by atoms with E-state index in [1.165, 1.54) is 11.3 Å². The van der Waals surface area contributed by atoms with Crippen LogP contribution in [0.15, 0.2) is 12.1 Å². The summed E-state index contributed by atoms with van der Waals surface area (Å²) in [6.45, 7) is 3.09. The van der Waals surface area contributed by atoms with E-state index in [1.807, 2.05) is 18.7 Å². The van der Waals surface area contributed by atoms with E-state index >= 15 is 0 Å². The zero-order valence-electron chi connectivity index (χ0n) is 10.6. The lowest BCUT2D eigenvalue weighted by Crippen LogP contribution is -2.30. The molecule has 0 radical (unpaired) electrons. The highest BCUT2D eigenvalue weighted by Gasteiger charge is 2.20. The van der Waals surface area contributed by atoms with E-state index in [-0.39, 0.29) is 0 Å². The number of methoxy groups -OCH3 is 2. The van der Waals surface area contributed by atoms with Gasteiger partial charge >= 0.3 is 0 Å². The van der Waals surface area contributed by atoms with Crippen molar-refractivity contribution in [3.63, 3.8) is 0 Å². The lowest BCUT2D eigenvalue weighted by atomic mass is 10.0. The third kappa shape index (κ3) is 2.69. The number of rotatable bonds is 3. The van der Waals surface area contributed by atoms with Crippen LogP contribution in [0.2, 0.25) is 0 Å². The van der Waals surface area contributed by atoms with Gasteiger partial charge < -0.3 is 14.8 Å². The molecule has 4 heteroatoms. The molecule has 1 fully saturated rings. The average Bonchev–Trinajstić information content (AvgIpc) is 2.39. The van der Waals surface area contributed by atoms with Crippen LogP contribution in [0.1, 0.15) is 17.2 Å². The number of ether oxygens (including phenoxy) is 2. The van der Waals surface area contributed by atoms with Crippen LogP contribution in [0.4, 0.5) is 0 Å². The Labute approximate surface area is 107 Å². The summed E-state index contributed by atoms with van der Waals surface area (Å²) in [5.41, 5.74) is 2.30. The first kappa shape index (κ1) is 12.6. The Morgan fingerprint density at radius 2 is 2.00 bits per heavy atom. The topological polar surface area (TPSA) is 30.5 Å². The lowest BCUT2D eigenvalue weighted by molar-refractivity contribution is 0.390. The van der Waals surface area contributed by atoms with Crippen LogP contribution in [0.3, 0.4) is 0 Å². The molecule has 17 heavy (non-hydrogen) atoms. The van der Waals surface area contributed by atoms with E-state index in [2.05, 4.69) is 17.4 Å². The molecule has 0 amide bonds. The molecule has 0 aromatic heterocycles. The molecule has 1 aromatic rings. The molecule has 0 bridgehead atoms. The predicted octanol–water partition coefficient (Wildman–Crippen LogP) is 2.39. The maximum Gasteiger partial charge on any atom is 0.124 e. The number of aryl methyl sites for hydroxylation is 1. The minimum absolute atomic E-state index is 0.359. The fourth-order valence-corrected chi connectivity index (χ4v) is 3.07. The Bertz CT molecular complexity index is 389. The second kappa shape index (κ2) is 5.65. The van der Waals surface area contributed by atoms with Crippen molar-refractivity contribution in [2.45, 2.75) is 13.0 Å². The molecular formula is C13H19NO2S. The molecule has 1 saturated heterocycles. The molecule has 1 atom stereocenters. The number of hydrogen-bond acceptors (Lipinski definition) is 4. The largest absolute Gasteiger partial charge is 0.496 e. The van der Waals surface area contributed by atoms with Crippen LogP contribution in [0.5, 0.6) is 11.5 Å². The first-order chi connectivity index (χ1) is 8.26. The molecule has 94 valence electrons. The van der Waals surface area contributed by atoms with Crippen molar-refractivity contribution in [2.24, 2.45) is 0 Å². The SMILES string of the molecule is COc1cc(C2CSCCN2)c(OC)cc1C. The van der Waals surface area contributed by atoms with E-state index in [0.29, 0.717) is 6.04 Å². The van der Waals surface area contributed by atoms with E-state index in [9.17, 15) is 0 Å². The van der Waals surface area contributed by atoms with Crippen molar-refractivity contribution in [3.05, 3.63) is 23.3 Å². The van der Waals surface area contributed by atoms with Crippen LogP contribution in [0.25, 0.3) is 0 Å². The molecule has 1 N–H and O–H groups in total. The van der Waals surface area contributed by atoms with Crippen molar-refractivity contribution in [1.29, 1.82) is 0 Å². The average molecular weight is 253 g/mol. The van der Waals surface area contributed by atoms with E-state index in [0.717, 1.165) is 29.4 Å². The molecule has 3 nitrogen and oxygen atoms in total. The van der Waals surface area contributed by atoms with Gasteiger partial charge in [-0.05, 0) is 24.6 Å². The molecule has 1 aromatic carbocycles. The molecule has 1 heterocycles. The highest BCUT2D eigenvalue weighted by atomic mass is 32.2. The van der Waals surface area contributed by atoms with Gasteiger partial charge in [-0.2, -0.15) is 11.8 Å². The van der Waals surface area contributed by atoms with Gasteiger partial charge in [0.2, 0.25) is 0 Å². The van der Waals surface area contributed by atoms with Gasteiger partial charge in [0.05, 0.1) is 14.2 Å². The van der Waals surface area contributed by atoms with Gasteiger partial charge in [0, 0.05) is 29.7 Å². The summed E-state index contributed by atoms with van der Waals surface area (Å²) < 4.78 is 10.9. The normalized spacial score (nSPS) is 20.1. The van der Waals surface area contributed by atoms with Crippen LogP contribution in [-0.2, 0) is 0 Å². The number of nitrogens with one attached hydrogen (secondary N) is 1. The van der Waals surface area contributed by atoms with Gasteiger partial charge in [-0.1, -0.05) is 0 Å². The van der Waals surface area contributed by atoms with Crippen LogP contribution < -0.4 is 14.8 Å². The Hall–Kier alpha value is -0.870. The first-order valence-electron chi connectivity index (χ1n) is 5.80. The van der Waals surface area contributed by atoms with Crippen molar-refractivity contribution >= 4 is 11.8 Å². The van der Waals surface area contributed by atoms with Gasteiger partial charge in [-0.25, -0.2) is 0 Å². The third-order valence-corrected chi connectivity index (χ3v) is 4.11. The molecule has 0 spiro atoms. The van der Waals surface area contributed by atoms with Gasteiger partial charge in [-0.15, -0.1) is 0 Å². The fraction of sp³-hybridized carbons (Fsp3) is 0.538.